The van der Waals surface area contributed by atoms with Crippen molar-refractivity contribution in [3.05, 3.63) is 65.7 Å². The summed E-state index contributed by atoms with van der Waals surface area (Å²) in [4.78, 5) is 17.1. The molecule has 0 saturated heterocycles. The maximum atomic E-state index is 13.1. The third-order valence-corrected chi connectivity index (χ3v) is 4.88. The Labute approximate surface area is 161 Å². The van der Waals surface area contributed by atoms with Gasteiger partial charge >= 0.3 is 6.03 Å². The number of urea groups is 1. The van der Waals surface area contributed by atoms with Gasteiger partial charge in [0.25, 0.3) is 0 Å². The monoisotopic (exact) mass is 367 g/mol. The minimum Gasteiger partial charge on any atom is -0.508 e. The van der Waals surface area contributed by atoms with Gasteiger partial charge in [-0.1, -0.05) is 42.5 Å². The van der Waals surface area contributed by atoms with Crippen molar-refractivity contribution in [1.82, 2.24) is 15.1 Å². The topological polar surface area (TPSA) is 55.8 Å². The van der Waals surface area contributed by atoms with Gasteiger partial charge in [0, 0.05) is 12.6 Å². The van der Waals surface area contributed by atoms with Crippen LogP contribution in [0, 0.1) is 0 Å². The molecule has 3 rings (SSSR count). The van der Waals surface area contributed by atoms with Gasteiger partial charge in [-0.3, -0.25) is 0 Å². The molecule has 1 aliphatic rings. The fourth-order valence-corrected chi connectivity index (χ4v) is 3.23. The Morgan fingerprint density at radius 1 is 1.15 bits per heavy atom. The van der Waals surface area contributed by atoms with E-state index in [1.807, 2.05) is 49.3 Å². The molecule has 2 aromatic rings. The predicted octanol–water partition coefficient (Wildman–Crippen LogP) is 3.76. The van der Waals surface area contributed by atoms with Gasteiger partial charge in [-0.25, -0.2) is 4.79 Å². The van der Waals surface area contributed by atoms with Crippen molar-refractivity contribution < 1.29 is 9.90 Å². The first-order chi connectivity index (χ1) is 13.0. The normalized spacial score (nSPS) is 14.8. The smallest absolute Gasteiger partial charge is 0.318 e. The number of nitrogens with one attached hydrogen (secondary N) is 1. The average Bonchev–Trinajstić information content (AvgIpc) is 3.48. The molecular weight excluding hydrogens is 338 g/mol. The van der Waals surface area contributed by atoms with Crippen LogP contribution in [0.2, 0.25) is 0 Å². The predicted molar refractivity (Wildman–Crippen MR) is 108 cm³/mol. The molecule has 1 saturated carbocycles. The van der Waals surface area contributed by atoms with Gasteiger partial charge in [-0.15, -0.1) is 0 Å². The van der Waals surface area contributed by atoms with Gasteiger partial charge in [0.15, 0.2) is 0 Å². The summed E-state index contributed by atoms with van der Waals surface area (Å²) >= 11 is 0. The minimum absolute atomic E-state index is 0.0217. The van der Waals surface area contributed by atoms with Crippen LogP contribution in [0.3, 0.4) is 0 Å². The average molecular weight is 367 g/mol. The van der Waals surface area contributed by atoms with Crippen LogP contribution < -0.4 is 5.32 Å². The summed E-state index contributed by atoms with van der Waals surface area (Å²) in [6.07, 6.45) is 2.94. The molecule has 0 heterocycles. The Balaban J connectivity index is 1.71. The lowest BCUT2D eigenvalue weighted by Gasteiger charge is -2.28. The van der Waals surface area contributed by atoms with Crippen molar-refractivity contribution in [1.29, 1.82) is 0 Å². The second-order valence-corrected chi connectivity index (χ2v) is 7.53. The molecule has 2 aromatic carbocycles. The van der Waals surface area contributed by atoms with Gasteiger partial charge in [-0.2, -0.15) is 0 Å². The van der Waals surface area contributed by atoms with Gasteiger partial charge in [-0.05, 0) is 63.2 Å². The maximum Gasteiger partial charge on any atom is 0.318 e. The maximum absolute atomic E-state index is 13.1. The van der Waals surface area contributed by atoms with Crippen molar-refractivity contribution in [2.75, 3.05) is 20.6 Å². The van der Waals surface area contributed by atoms with Crippen LogP contribution in [0.5, 0.6) is 5.75 Å². The SMILES string of the molecule is CN(C)CC[C@H](NC(=O)N(Cc1cccc(O)c1)C1CC1)c1ccccc1. The van der Waals surface area contributed by atoms with Gasteiger partial charge in [0.1, 0.15) is 5.75 Å². The fourth-order valence-electron chi connectivity index (χ4n) is 3.23. The third kappa shape index (κ3) is 5.73. The summed E-state index contributed by atoms with van der Waals surface area (Å²) in [6, 6.07) is 17.5. The van der Waals surface area contributed by atoms with Crippen LogP contribution >= 0.6 is 0 Å². The zero-order chi connectivity index (χ0) is 19.2. The van der Waals surface area contributed by atoms with E-state index in [9.17, 15) is 9.90 Å². The lowest BCUT2D eigenvalue weighted by Crippen LogP contribution is -2.43. The number of phenols is 1. The van der Waals surface area contributed by atoms with E-state index in [0.29, 0.717) is 6.54 Å². The van der Waals surface area contributed by atoms with E-state index in [-0.39, 0.29) is 23.9 Å². The molecule has 5 heteroatoms. The van der Waals surface area contributed by atoms with E-state index in [1.54, 1.807) is 12.1 Å². The van der Waals surface area contributed by atoms with Crippen LogP contribution in [0.15, 0.2) is 54.6 Å². The fraction of sp³-hybridized carbons (Fsp3) is 0.409. The summed E-state index contributed by atoms with van der Waals surface area (Å²) in [5, 5.41) is 13.0. The molecular formula is C22H29N3O2. The molecule has 1 fully saturated rings. The van der Waals surface area contributed by atoms with Crippen LogP contribution in [0.25, 0.3) is 0 Å². The first-order valence-electron chi connectivity index (χ1n) is 9.57. The highest BCUT2D eigenvalue weighted by Crippen LogP contribution is 2.29. The number of amides is 2. The largest absolute Gasteiger partial charge is 0.508 e. The molecule has 27 heavy (non-hydrogen) atoms. The Hall–Kier alpha value is -2.53. The lowest BCUT2D eigenvalue weighted by atomic mass is 10.0. The highest BCUT2D eigenvalue weighted by molar-refractivity contribution is 5.75. The molecule has 2 amide bonds. The Kier molecular flexibility index (Phi) is 6.35. The second kappa shape index (κ2) is 8.91. The molecule has 0 unspecified atom stereocenters. The van der Waals surface area contributed by atoms with Crippen molar-refractivity contribution in [2.45, 2.75) is 37.9 Å². The van der Waals surface area contributed by atoms with E-state index in [0.717, 1.165) is 36.9 Å². The zero-order valence-electron chi connectivity index (χ0n) is 16.1. The molecule has 0 spiro atoms. The zero-order valence-corrected chi connectivity index (χ0v) is 16.1. The highest BCUT2D eigenvalue weighted by Gasteiger charge is 2.33. The molecule has 144 valence electrons. The molecule has 5 nitrogen and oxygen atoms in total. The van der Waals surface area contributed by atoms with E-state index in [2.05, 4.69) is 22.3 Å². The summed E-state index contributed by atoms with van der Waals surface area (Å²) in [6.45, 7) is 1.41. The number of hydrogen-bond acceptors (Lipinski definition) is 3. The Morgan fingerprint density at radius 3 is 2.52 bits per heavy atom. The molecule has 0 aliphatic heterocycles. The van der Waals surface area contributed by atoms with Crippen molar-refractivity contribution in [3.63, 3.8) is 0 Å². The molecule has 1 aliphatic carbocycles. The van der Waals surface area contributed by atoms with E-state index < -0.39 is 0 Å². The van der Waals surface area contributed by atoms with Crippen LogP contribution in [0.1, 0.15) is 36.4 Å². The number of carbonyl (C=O) groups is 1. The summed E-state index contributed by atoms with van der Waals surface area (Å²) in [7, 11) is 4.09. The summed E-state index contributed by atoms with van der Waals surface area (Å²) in [5.74, 6) is 0.233. The first-order valence-corrected chi connectivity index (χ1v) is 9.57. The van der Waals surface area contributed by atoms with Crippen molar-refractivity contribution in [3.8, 4) is 5.75 Å². The van der Waals surface area contributed by atoms with E-state index in [1.165, 1.54) is 0 Å². The second-order valence-electron chi connectivity index (χ2n) is 7.53. The first kappa shape index (κ1) is 19.2. The van der Waals surface area contributed by atoms with E-state index >= 15 is 0 Å². The third-order valence-electron chi connectivity index (χ3n) is 4.88. The Morgan fingerprint density at radius 2 is 1.89 bits per heavy atom. The number of benzene rings is 2. The molecule has 0 aromatic heterocycles. The highest BCUT2D eigenvalue weighted by atomic mass is 16.3. The standard InChI is InChI=1S/C22H29N3O2/c1-24(2)14-13-21(18-8-4-3-5-9-18)23-22(27)25(19-11-12-19)16-17-7-6-10-20(26)15-17/h3-10,15,19,21,26H,11-14,16H2,1-2H3,(H,23,27)/t21-/m0/s1. The van der Waals surface area contributed by atoms with Crippen molar-refractivity contribution >= 4 is 6.03 Å². The van der Waals surface area contributed by atoms with Crippen molar-refractivity contribution in [2.24, 2.45) is 0 Å². The number of hydrogen-bond donors (Lipinski definition) is 2. The molecule has 0 bridgehead atoms. The number of nitrogens with zero attached hydrogens (tertiary/aromatic N) is 2. The number of rotatable bonds is 8. The minimum atomic E-state index is -0.0338. The lowest BCUT2D eigenvalue weighted by molar-refractivity contribution is 0.186. The van der Waals surface area contributed by atoms with E-state index in [4.69, 9.17) is 0 Å². The number of aromatic hydroxyl groups is 1. The summed E-state index contributed by atoms with van der Waals surface area (Å²) < 4.78 is 0. The number of phenolic OH excluding ortho intramolecular Hbond substituents is 1. The van der Waals surface area contributed by atoms with Gasteiger partial charge in [0.2, 0.25) is 0 Å². The summed E-state index contributed by atoms with van der Waals surface area (Å²) in [5.41, 5.74) is 2.07. The molecule has 1 atom stereocenters. The van der Waals surface area contributed by atoms with Crippen LogP contribution in [-0.4, -0.2) is 47.6 Å². The molecule has 0 radical (unpaired) electrons. The molecule has 2 N–H and O–H groups in total. The van der Waals surface area contributed by atoms with Crippen LogP contribution in [-0.2, 0) is 6.54 Å². The van der Waals surface area contributed by atoms with Gasteiger partial charge < -0.3 is 20.2 Å². The Bertz CT molecular complexity index is 744. The van der Waals surface area contributed by atoms with Gasteiger partial charge in [0.05, 0.1) is 6.04 Å². The number of carbonyl (C=O) groups excluding carboxylic acids is 1. The van der Waals surface area contributed by atoms with Crippen LogP contribution in [0.4, 0.5) is 4.79 Å². The quantitative estimate of drug-likeness (QED) is 0.747.